The number of hydrogen-bond acceptors (Lipinski definition) is 4. The number of nitrogens with one attached hydrogen (secondary N) is 1. The van der Waals surface area contributed by atoms with Crippen LogP contribution in [0.1, 0.15) is 66.3 Å². The van der Waals surface area contributed by atoms with Crippen LogP contribution in [0.3, 0.4) is 0 Å². The van der Waals surface area contributed by atoms with Gasteiger partial charge in [0.15, 0.2) is 0 Å². The fourth-order valence-corrected chi connectivity index (χ4v) is 6.17. The zero-order chi connectivity index (χ0) is 26.6. The van der Waals surface area contributed by atoms with E-state index in [1.54, 1.807) is 37.1 Å². The summed E-state index contributed by atoms with van der Waals surface area (Å²) in [6.45, 7) is 3.92. The van der Waals surface area contributed by atoms with Crippen LogP contribution in [-0.4, -0.2) is 39.6 Å². The van der Waals surface area contributed by atoms with Crippen molar-refractivity contribution in [1.29, 1.82) is 0 Å². The third-order valence-electron chi connectivity index (χ3n) is 8.13. The molecule has 0 radical (unpaired) electrons. The highest BCUT2D eigenvalue weighted by molar-refractivity contribution is 5.81. The first kappa shape index (κ1) is 24.6. The molecule has 1 fully saturated rings. The van der Waals surface area contributed by atoms with Crippen molar-refractivity contribution >= 4 is 23.2 Å². The summed E-state index contributed by atoms with van der Waals surface area (Å²) in [4.78, 5) is 28.4. The molecule has 38 heavy (non-hydrogen) atoms. The number of halogens is 2. The van der Waals surface area contributed by atoms with Gasteiger partial charge >= 0.3 is 0 Å². The third kappa shape index (κ3) is 4.33. The molecule has 1 atom stereocenters. The van der Waals surface area contributed by atoms with Gasteiger partial charge in [-0.3, -0.25) is 14.3 Å². The third-order valence-corrected chi connectivity index (χ3v) is 8.13. The molecule has 1 unspecified atom stereocenters. The first-order chi connectivity index (χ1) is 18.3. The molecule has 1 saturated heterocycles. The standard InChI is InChI=1S/C29H31F2N5O2/c1-17(37)35-15-21-8-20(18-5-6-32-28(38)11-18)10-27(25(21)16-35)36-7-3-4-19-9-23(22-13-33-34(2)14-22)24(29(30)31)12-26(19)36/h8-10,12-14,18,29H,3-7,11,15-16H2,1-2H3,(H,32,38). The molecule has 7 nitrogen and oxygen atoms in total. The zero-order valence-corrected chi connectivity index (χ0v) is 21.6. The van der Waals surface area contributed by atoms with Gasteiger partial charge in [0, 0.05) is 80.8 Å². The maximum absolute atomic E-state index is 14.4. The molecule has 3 aromatic rings. The fraction of sp³-hybridized carbons (Fsp3) is 0.414. The Hall–Kier alpha value is -3.75. The van der Waals surface area contributed by atoms with Crippen LogP contribution in [0.15, 0.2) is 36.7 Å². The number of anilines is 2. The van der Waals surface area contributed by atoms with E-state index in [0.29, 0.717) is 43.7 Å². The number of benzene rings is 2. The van der Waals surface area contributed by atoms with E-state index in [1.807, 2.05) is 11.0 Å². The highest BCUT2D eigenvalue weighted by Gasteiger charge is 2.32. The summed E-state index contributed by atoms with van der Waals surface area (Å²) in [6.07, 6.45) is 3.71. The van der Waals surface area contributed by atoms with Crippen LogP contribution in [0.2, 0.25) is 0 Å². The molecule has 0 spiro atoms. The van der Waals surface area contributed by atoms with Crippen molar-refractivity contribution in [2.24, 2.45) is 7.05 Å². The van der Waals surface area contributed by atoms with Gasteiger partial charge in [-0.05, 0) is 65.6 Å². The lowest BCUT2D eigenvalue weighted by molar-refractivity contribution is -0.129. The van der Waals surface area contributed by atoms with E-state index in [-0.39, 0.29) is 23.3 Å². The van der Waals surface area contributed by atoms with Gasteiger partial charge in [-0.2, -0.15) is 5.10 Å². The predicted octanol–water partition coefficient (Wildman–Crippen LogP) is 4.96. The topological polar surface area (TPSA) is 70.5 Å². The first-order valence-corrected chi connectivity index (χ1v) is 13.2. The summed E-state index contributed by atoms with van der Waals surface area (Å²) in [5.74, 6) is 0.139. The van der Waals surface area contributed by atoms with E-state index in [1.165, 1.54) is 0 Å². The number of alkyl halides is 2. The highest BCUT2D eigenvalue weighted by Crippen LogP contribution is 2.45. The van der Waals surface area contributed by atoms with Gasteiger partial charge in [0.05, 0.1) is 6.20 Å². The summed E-state index contributed by atoms with van der Waals surface area (Å²) in [6, 6.07) is 7.83. The summed E-state index contributed by atoms with van der Waals surface area (Å²) in [5, 5.41) is 7.09. The summed E-state index contributed by atoms with van der Waals surface area (Å²) in [7, 11) is 1.78. The van der Waals surface area contributed by atoms with Crippen molar-refractivity contribution in [2.75, 3.05) is 18.0 Å². The average Bonchev–Trinajstić information content (AvgIpc) is 3.53. The number of nitrogens with zero attached hydrogens (tertiary/aromatic N) is 4. The van der Waals surface area contributed by atoms with Crippen LogP contribution in [0, 0.1) is 0 Å². The van der Waals surface area contributed by atoms with Gasteiger partial charge in [0.2, 0.25) is 11.8 Å². The minimum atomic E-state index is -2.63. The molecular formula is C29H31F2N5O2. The lowest BCUT2D eigenvalue weighted by Gasteiger charge is -2.35. The highest BCUT2D eigenvalue weighted by atomic mass is 19.3. The van der Waals surface area contributed by atoms with Crippen LogP contribution in [0.5, 0.6) is 0 Å². The second-order valence-corrected chi connectivity index (χ2v) is 10.6. The molecule has 1 N–H and O–H groups in total. The van der Waals surface area contributed by atoms with Crippen molar-refractivity contribution in [3.63, 3.8) is 0 Å². The van der Waals surface area contributed by atoms with Crippen molar-refractivity contribution in [2.45, 2.75) is 58.0 Å². The number of rotatable bonds is 4. The molecule has 3 aliphatic heterocycles. The Kier molecular flexibility index (Phi) is 6.16. The molecule has 2 amide bonds. The first-order valence-electron chi connectivity index (χ1n) is 13.2. The smallest absolute Gasteiger partial charge is 0.264 e. The zero-order valence-electron chi connectivity index (χ0n) is 21.6. The van der Waals surface area contributed by atoms with E-state index in [0.717, 1.165) is 52.9 Å². The number of fused-ring (bicyclic) bond motifs is 2. The van der Waals surface area contributed by atoms with Crippen LogP contribution in [0.4, 0.5) is 20.2 Å². The van der Waals surface area contributed by atoms with Crippen LogP contribution >= 0.6 is 0 Å². The van der Waals surface area contributed by atoms with E-state index < -0.39 is 6.43 Å². The molecule has 0 aliphatic carbocycles. The van der Waals surface area contributed by atoms with Gasteiger partial charge in [0.1, 0.15) is 0 Å². The molecule has 1 aromatic heterocycles. The molecule has 3 aliphatic rings. The van der Waals surface area contributed by atoms with Gasteiger partial charge in [0.25, 0.3) is 6.43 Å². The van der Waals surface area contributed by atoms with Gasteiger partial charge in [-0.1, -0.05) is 6.07 Å². The Bertz CT molecular complexity index is 1430. The number of aryl methyl sites for hydroxylation is 2. The Morgan fingerprint density at radius 1 is 1.13 bits per heavy atom. The van der Waals surface area contributed by atoms with Gasteiger partial charge < -0.3 is 15.1 Å². The maximum atomic E-state index is 14.4. The van der Waals surface area contributed by atoms with Crippen LogP contribution in [0.25, 0.3) is 11.1 Å². The van der Waals surface area contributed by atoms with E-state index in [2.05, 4.69) is 27.4 Å². The number of aromatic nitrogens is 2. The molecule has 0 saturated carbocycles. The fourth-order valence-electron chi connectivity index (χ4n) is 6.17. The number of hydrogen-bond donors (Lipinski definition) is 1. The normalized spacial score (nSPS) is 19.0. The molecule has 0 bridgehead atoms. The minimum Gasteiger partial charge on any atom is -0.356 e. The summed E-state index contributed by atoms with van der Waals surface area (Å²) >= 11 is 0. The van der Waals surface area contributed by atoms with Crippen LogP contribution in [-0.2, 0) is 36.1 Å². The molecule has 198 valence electrons. The predicted molar refractivity (Wildman–Crippen MR) is 140 cm³/mol. The summed E-state index contributed by atoms with van der Waals surface area (Å²) < 4.78 is 30.4. The maximum Gasteiger partial charge on any atom is 0.264 e. The van der Waals surface area contributed by atoms with Crippen molar-refractivity contribution < 1.29 is 18.4 Å². The average molecular weight is 520 g/mol. The molecule has 2 aromatic carbocycles. The number of amides is 2. The van der Waals surface area contributed by atoms with Gasteiger partial charge in [-0.15, -0.1) is 0 Å². The van der Waals surface area contributed by atoms with Crippen molar-refractivity contribution in [3.05, 3.63) is 64.5 Å². The number of piperidine rings is 1. The van der Waals surface area contributed by atoms with Crippen LogP contribution < -0.4 is 10.2 Å². The van der Waals surface area contributed by atoms with E-state index in [4.69, 9.17) is 0 Å². The largest absolute Gasteiger partial charge is 0.356 e. The Morgan fingerprint density at radius 2 is 1.97 bits per heavy atom. The monoisotopic (exact) mass is 519 g/mol. The van der Waals surface area contributed by atoms with Crippen molar-refractivity contribution in [3.8, 4) is 11.1 Å². The SMILES string of the molecule is CC(=O)N1Cc2cc(C3CCNC(=O)C3)cc(N3CCCc4cc(-c5cnn(C)c5)c(C(F)F)cc43)c2C1. The van der Waals surface area contributed by atoms with E-state index >= 15 is 0 Å². The summed E-state index contributed by atoms with van der Waals surface area (Å²) in [5.41, 5.74) is 7.18. The van der Waals surface area contributed by atoms with Gasteiger partial charge in [-0.25, -0.2) is 8.78 Å². The molecule has 9 heteroatoms. The molecule has 6 rings (SSSR count). The second kappa shape index (κ2) is 9.53. The lowest BCUT2D eigenvalue weighted by Crippen LogP contribution is -2.32. The number of carbonyl (C=O) groups is 2. The minimum absolute atomic E-state index is 0.00545. The lowest BCUT2D eigenvalue weighted by atomic mass is 9.86. The molecule has 4 heterocycles. The molecular weight excluding hydrogens is 488 g/mol. The Morgan fingerprint density at radius 3 is 2.68 bits per heavy atom. The number of carbonyl (C=O) groups excluding carboxylic acids is 2. The second-order valence-electron chi connectivity index (χ2n) is 10.6. The Balaban J connectivity index is 1.48. The van der Waals surface area contributed by atoms with E-state index in [9.17, 15) is 18.4 Å². The Labute approximate surface area is 220 Å². The van der Waals surface area contributed by atoms with Crippen molar-refractivity contribution in [1.82, 2.24) is 20.0 Å². The quantitative estimate of drug-likeness (QED) is 0.529.